The van der Waals surface area contributed by atoms with Crippen molar-refractivity contribution in [1.29, 1.82) is 0 Å². The number of ether oxygens (including phenoxy) is 3. The van der Waals surface area contributed by atoms with Crippen molar-refractivity contribution in [3.63, 3.8) is 0 Å². The summed E-state index contributed by atoms with van der Waals surface area (Å²) in [6.45, 7) is 19.7. The summed E-state index contributed by atoms with van der Waals surface area (Å²) in [5.74, 6) is -0.410. The van der Waals surface area contributed by atoms with E-state index in [1.54, 1.807) is 18.7 Å². The molecule has 0 bridgehead atoms. The van der Waals surface area contributed by atoms with Crippen LogP contribution in [0.5, 0.6) is 0 Å². The number of benzene rings is 1. The Morgan fingerprint density at radius 2 is 1.76 bits per heavy atom. The minimum atomic E-state index is -1.90. The average Bonchev–Trinajstić information content (AvgIpc) is 3.38. The number of esters is 1. The Kier molecular flexibility index (Phi) is 11.5. The fourth-order valence-electron chi connectivity index (χ4n) is 5.11. The monoisotopic (exact) mass is 621 g/mol. The van der Waals surface area contributed by atoms with E-state index in [0.29, 0.717) is 55.9 Å². The third-order valence-electron chi connectivity index (χ3n) is 8.29. The molecule has 0 aliphatic carbocycles. The highest BCUT2D eigenvalue weighted by molar-refractivity contribution is 6.74. The lowest BCUT2D eigenvalue weighted by Crippen LogP contribution is -2.41. The Labute approximate surface area is 256 Å². The summed E-state index contributed by atoms with van der Waals surface area (Å²) in [6.07, 6.45) is -0.0853. The van der Waals surface area contributed by atoms with Crippen LogP contribution in [0.15, 0.2) is 12.1 Å². The van der Waals surface area contributed by atoms with Crippen LogP contribution in [0.4, 0.5) is 0 Å². The van der Waals surface area contributed by atoms with Gasteiger partial charge in [0.25, 0.3) is 0 Å². The normalized spacial score (nSPS) is 13.2. The summed E-state index contributed by atoms with van der Waals surface area (Å²) in [7, 11) is 1.13. The number of halogens is 1. The first-order valence-electron chi connectivity index (χ1n) is 14.5. The number of nitrogens with zero attached hydrogens (tertiary/aromatic N) is 3. The van der Waals surface area contributed by atoms with E-state index in [1.165, 1.54) is 7.11 Å². The lowest BCUT2D eigenvalue weighted by atomic mass is 9.95. The molecular formula is C31H48ClN3O6Si. The summed E-state index contributed by atoms with van der Waals surface area (Å²) in [5, 5.41) is 17.2. The maximum atomic E-state index is 13.1. The molecule has 0 spiro atoms. The van der Waals surface area contributed by atoms with E-state index in [-0.39, 0.29) is 5.04 Å². The van der Waals surface area contributed by atoms with Gasteiger partial charge in [0.15, 0.2) is 8.32 Å². The zero-order chi connectivity index (χ0) is 31.4. The van der Waals surface area contributed by atoms with Crippen LogP contribution in [-0.2, 0) is 31.7 Å². The van der Waals surface area contributed by atoms with Gasteiger partial charge in [0.1, 0.15) is 5.69 Å². The highest BCUT2D eigenvalue weighted by atomic mass is 35.5. The molecule has 0 aliphatic heterocycles. The second-order valence-corrected chi connectivity index (χ2v) is 17.5. The standard InChI is InChI=1S/C31H48ClN3O6Si/c1-20-25-24(34(28(20)30(37)39-8)14-11-16-41-42(9,10)31(4,5)6)13-12-23(32)27(25)26-21(2)33-35(29(26)22(3)36)15-17-40-19-18-38-7/h12-13,22,36H,11,14-19H2,1-10H3. The van der Waals surface area contributed by atoms with Crippen molar-refractivity contribution in [3.8, 4) is 11.1 Å². The van der Waals surface area contributed by atoms with Gasteiger partial charge in [-0.25, -0.2) is 4.79 Å². The smallest absolute Gasteiger partial charge is 0.354 e. The number of aromatic nitrogens is 3. The number of carbonyl (C=O) groups is 1. The molecule has 42 heavy (non-hydrogen) atoms. The maximum Gasteiger partial charge on any atom is 0.354 e. The highest BCUT2D eigenvalue weighted by Gasteiger charge is 2.37. The van der Waals surface area contributed by atoms with E-state index >= 15 is 0 Å². The number of carbonyl (C=O) groups excluding carboxylic acids is 1. The van der Waals surface area contributed by atoms with Crippen molar-refractivity contribution < 1.29 is 28.5 Å². The van der Waals surface area contributed by atoms with Crippen molar-refractivity contribution in [1.82, 2.24) is 14.3 Å². The minimum Gasteiger partial charge on any atom is -0.464 e. The molecule has 2 heterocycles. The maximum absolute atomic E-state index is 13.1. The molecule has 0 fully saturated rings. The van der Waals surface area contributed by atoms with Crippen LogP contribution in [-0.4, -0.2) is 74.4 Å². The van der Waals surface area contributed by atoms with Gasteiger partial charge in [-0.15, -0.1) is 0 Å². The molecule has 0 saturated heterocycles. The Bertz CT molecular complexity index is 1390. The van der Waals surface area contributed by atoms with Crippen LogP contribution in [0, 0.1) is 13.8 Å². The van der Waals surface area contributed by atoms with Gasteiger partial charge in [-0.2, -0.15) is 5.10 Å². The third kappa shape index (κ3) is 7.11. The van der Waals surface area contributed by atoms with Crippen LogP contribution >= 0.6 is 11.6 Å². The van der Waals surface area contributed by atoms with Gasteiger partial charge in [0.05, 0.1) is 51.0 Å². The van der Waals surface area contributed by atoms with E-state index in [2.05, 4.69) is 33.9 Å². The lowest BCUT2D eigenvalue weighted by molar-refractivity contribution is 0.0587. The zero-order valence-electron chi connectivity index (χ0n) is 26.9. The second-order valence-electron chi connectivity index (χ2n) is 12.2. The fourth-order valence-corrected chi connectivity index (χ4v) is 6.45. The summed E-state index contributed by atoms with van der Waals surface area (Å²) in [5.41, 5.74) is 5.00. The Hall–Kier alpha value is -2.21. The number of hydrogen-bond acceptors (Lipinski definition) is 7. The molecule has 0 saturated carbocycles. The molecule has 0 amide bonds. The van der Waals surface area contributed by atoms with Gasteiger partial charge in [-0.1, -0.05) is 32.4 Å². The number of hydrogen-bond donors (Lipinski definition) is 1. The van der Waals surface area contributed by atoms with Crippen molar-refractivity contribution in [2.45, 2.75) is 85.3 Å². The molecule has 1 unspecified atom stereocenters. The van der Waals surface area contributed by atoms with E-state index < -0.39 is 20.4 Å². The van der Waals surface area contributed by atoms with Gasteiger partial charge in [0, 0.05) is 47.3 Å². The lowest BCUT2D eigenvalue weighted by Gasteiger charge is -2.36. The van der Waals surface area contributed by atoms with Gasteiger partial charge in [-0.3, -0.25) is 4.68 Å². The van der Waals surface area contributed by atoms with E-state index in [0.717, 1.165) is 39.7 Å². The molecule has 1 N–H and O–H groups in total. The number of methoxy groups -OCH3 is 2. The summed E-state index contributed by atoms with van der Waals surface area (Å²) in [6, 6.07) is 3.79. The van der Waals surface area contributed by atoms with E-state index in [9.17, 15) is 9.90 Å². The van der Waals surface area contributed by atoms with E-state index in [4.69, 9.17) is 35.3 Å². The highest BCUT2D eigenvalue weighted by Crippen LogP contribution is 2.44. The van der Waals surface area contributed by atoms with Gasteiger partial charge in [0.2, 0.25) is 0 Å². The van der Waals surface area contributed by atoms with Gasteiger partial charge in [-0.05, 0) is 63.0 Å². The molecule has 3 rings (SSSR count). The van der Waals surface area contributed by atoms with Gasteiger partial charge < -0.3 is 28.3 Å². The molecule has 3 aromatic rings. The Morgan fingerprint density at radius 3 is 2.36 bits per heavy atom. The first kappa shape index (κ1) is 34.3. The van der Waals surface area contributed by atoms with Crippen LogP contribution in [0.25, 0.3) is 22.0 Å². The first-order chi connectivity index (χ1) is 19.7. The SMILES string of the molecule is COCCOCCn1nc(C)c(-c2c(Cl)ccc3c2c(C)c(C(=O)OC)n3CCCO[Si](C)(C)C(C)(C)C)c1C(C)O. The Balaban J connectivity index is 2.11. The van der Waals surface area contributed by atoms with Crippen molar-refractivity contribution in [3.05, 3.63) is 39.8 Å². The molecule has 0 radical (unpaired) electrons. The topological polar surface area (TPSA) is 97.0 Å². The number of fused-ring (bicyclic) bond motifs is 1. The molecule has 11 heteroatoms. The van der Waals surface area contributed by atoms with E-state index in [1.807, 2.05) is 30.5 Å². The third-order valence-corrected chi connectivity index (χ3v) is 13.1. The molecular weight excluding hydrogens is 574 g/mol. The van der Waals surface area contributed by atoms with Crippen LogP contribution < -0.4 is 0 Å². The minimum absolute atomic E-state index is 0.118. The first-order valence-corrected chi connectivity index (χ1v) is 17.8. The predicted octanol–water partition coefficient (Wildman–Crippen LogP) is 6.69. The van der Waals surface area contributed by atoms with Crippen molar-refractivity contribution >= 4 is 36.8 Å². The molecule has 0 aliphatic rings. The molecule has 234 valence electrons. The molecule has 1 aromatic carbocycles. The fraction of sp³-hybridized carbons (Fsp3) is 0.613. The number of aryl methyl sites for hydroxylation is 3. The number of aliphatic hydroxyl groups is 1. The second kappa shape index (κ2) is 14.0. The van der Waals surface area contributed by atoms with Crippen LogP contribution in [0.2, 0.25) is 23.2 Å². The van der Waals surface area contributed by atoms with Gasteiger partial charge >= 0.3 is 5.97 Å². The van der Waals surface area contributed by atoms with Crippen molar-refractivity contribution in [2.75, 3.05) is 40.6 Å². The van der Waals surface area contributed by atoms with Crippen LogP contribution in [0.1, 0.15) is 67.7 Å². The summed E-state index contributed by atoms with van der Waals surface area (Å²) >= 11 is 6.93. The largest absolute Gasteiger partial charge is 0.464 e. The summed E-state index contributed by atoms with van der Waals surface area (Å²) < 4.78 is 26.2. The number of aliphatic hydroxyl groups excluding tert-OH is 1. The summed E-state index contributed by atoms with van der Waals surface area (Å²) in [4.78, 5) is 13.1. The van der Waals surface area contributed by atoms with Crippen LogP contribution in [0.3, 0.4) is 0 Å². The quantitative estimate of drug-likeness (QED) is 0.122. The average molecular weight is 622 g/mol. The molecule has 9 nitrogen and oxygen atoms in total. The zero-order valence-corrected chi connectivity index (χ0v) is 28.6. The molecule has 1 atom stereocenters. The predicted molar refractivity (Wildman–Crippen MR) is 170 cm³/mol. The van der Waals surface area contributed by atoms with Crippen molar-refractivity contribution in [2.24, 2.45) is 0 Å². The Morgan fingerprint density at radius 1 is 1.07 bits per heavy atom. The molecule has 2 aromatic heterocycles. The number of rotatable bonds is 14.